The molecular formula is C9H16Cl2N2O2S. The number of hydrogen-bond donors (Lipinski definition) is 1. The molecule has 1 fully saturated rings. The van der Waals surface area contributed by atoms with Crippen LogP contribution in [-0.4, -0.2) is 38.2 Å². The predicted octanol–water partition coefficient (Wildman–Crippen LogP) is 1.45. The quantitative estimate of drug-likeness (QED) is 0.851. The van der Waals surface area contributed by atoms with Crippen molar-refractivity contribution >= 4 is 33.2 Å². The predicted molar refractivity (Wildman–Crippen MR) is 67.0 cm³/mol. The number of primary sulfonamides is 1. The van der Waals surface area contributed by atoms with Crippen molar-refractivity contribution < 1.29 is 8.42 Å². The standard InChI is InChI=1S/C9H16Cl2N2O2S/c10-5-8(11)6-13-4-2-1-3-9(13)7-16(12,14)15/h5,9H,1-4,6-7H2,(H2,12,14,15)/b8-5-. The molecule has 0 saturated carbocycles. The molecule has 0 aromatic carbocycles. The highest BCUT2D eigenvalue weighted by molar-refractivity contribution is 7.89. The highest BCUT2D eigenvalue weighted by atomic mass is 35.5. The molecule has 1 atom stereocenters. The maximum atomic E-state index is 11.1. The minimum Gasteiger partial charge on any atom is -0.294 e. The summed E-state index contributed by atoms with van der Waals surface area (Å²) in [5.41, 5.74) is 1.31. The second-order valence-corrected chi connectivity index (χ2v) is 6.37. The van der Waals surface area contributed by atoms with Crippen molar-refractivity contribution in [3.05, 3.63) is 10.6 Å². The molecule has 7 heteroatoms. The maximum Gasteiger partial charge on any atom is 0.210 e. The van der Waals surface area contributed by atoms with Crippen LogP contribution in [0.25, 0.3) is 0 Å². The van der Waals surface area contributed by atoms with Gasteiger partial charge in [0.2, 0.25) is 10.0 Å². The average molecular weight is 287 g/mol. The molecule has 94 valence electrons. The normalized spacial score (nSPS) is 24.7. The third-order valence-electron chi connectivity index (χ3n) is 2.65. The fourth-order valence-electron chi connectivity index (χ4n) is 1.95. The van der Waals surface area contributed by atoms with Gasteiger partial charge in [-0.05, 0) is 19.4 Å². The Hall–Kier alpha value is 0.190. The maximum absolute atomic E-state index is 11.1. The number of likely N-dealkylation sites (tertiary alicyclic amines) is 1. The van der Waals surface area contributed by atoms with Crippen molar-refractivity contribution in [2.75, 3.05) is 18.8 Å². The first kappa shape index (κ1) is 14.3. The summed E-state index contributed by atoms with van der Waals surface area (Å²) >= 11 is 11.3. The van der Waals surface area contributed by atoms with Crippen LogP contribution in [-0.2, 0) is 10.0 Å². The molecule has 16 heavy (non-hydrogen) atoms. The first-order chi connectivity index (χ1) is 7.42. The second kappa shape index (κ2) is 6.21. The Bertz CT molecular complexity index is 357. The summed E-state index contributed by atoms with van der Waals surface area (Å²) in [6.45, 7) is 1.33. The van der Waals surface area contributed by atoms with Crippen molar-refractivity contribution in [3.63, 3.8) is 0 Å². The number of hydrogen-bond acceptors (Lipinski definition) is 3. The fraction of sp³-hybridized carbons (Fsp3) is 0.778. The Morgan fingerprint density at radius 2 is 2.19 bits per heavy atom. The van der Waals surface area contributed by atoms with E-state index in [4.69, 9.17) is 28.3 Å². The van der Waals surface area contributed by atoms with E-state index in [-0.39, 0.29) is 11.8 Å². The molecule has 1 rings (SSSR count). The zero-order chi connectivity index (χ0) is 12.2. The SMILES string of the molecule is NS(=O)(=O)CC1CCCCN1C/C(Cl)=C/Cl. The average Bonchev–Trinajstić information content (AvgIpc) is 2.18. The van der Waals surface area contributed by atoms with E-state index in [1.54, 1.807) is 0 Å². The van der Waals surface area contributed by atoms with E-state index in [1.807, 2.05) is 4.90 Å². The molecule has 1 heterocycles. The van der Waals surface area contributed by atoms with Crippen LogP contribution in [0.5, 0.6) is 0 Å². The lowest BCUT2D eigenvalue weighted by molar-refractivity contribution is 0.179. The lowest BCUT2D eigenvalue weighted by Crippen LogP contribution is -2.45. The molecule has 1 aliphatic rings. The molecule has 0 radical (unpaired) electrons. The van der Waals surface area contributed by atoms with Crippen LogP contribution < -0.4 is 5.14 Å². The second-order valence-electron chi connectivity index (χ2n) is 4.01. The van der Waals surface area contributed by atoms with Gasteiger partial charge in [0.25, 0.3) is 0 Å². The zero-order valence-corrected chi connectivity index (χ0v) is 11.2. The Balaban J connectivity index is 2.64. The van der Waals surface area contributed by atoms with Gasteiger partial charge in [-0.3, -0.25) is 4.90 Å². The number of sulfonamides is 1. The summed E-state index contributed by atoms with van der Waals surface area (Å²) in [6, 6.07) is -0.0471. The summed E-state index contributed by atoms with van der Waals surface area (Å²) in [5, 5.41) is 5.58. The summed E-state index contributed by atoms with van der Waals surface area (Å²) in [5.74, 6) is -0.0144. The Morgan fingerprint density at radius 3 is 2.75 bits per heavy atom. The molecule has 0 aromatic heterocycles. The van der Waals surface area contributed by atoms with Crippen LogP contribution in [0.1, 0.15) is 19.3 Å². The molecule has 0 bridgehead atoms. The molecule has 1 aliphatic heterocycles. The first-order valence-electron chi connectivity index (χ1n) is 5.11. The van der Waals surface area contributed by atoms with Crippen LogP contribution >= 0.6 is 23.2 Å². The lowest BCUT2D eigenvalue weighted by Gasteiger charge is -2.34. The zero-order valence-electron chi connectivity index (χ0n) is 8.90. The monoisotopic (exact) mass is 286 g/mol. The van der Waals surface area contributed by atoms with Crippen molar-refractivity contribution in [3.8, 4) is 0 Å². The summed E-state index contributed by atoms with van der Waals surface area (Å²) < 4.78 is 22.2. The smallest absolute Gasteiger partial charge is 0.210 e. The van der Waals surface area contributed by atoms with E-state index < -0.39 is 10.0 Å². The van der Waals surface area contributed by atoms with Gasteiger partial charge in [0.15, 0.2) is 0 Å². The van der Waals surface area contributed by atoms with Crippen molar-refractivity contribution in [2.45, 2.75) is 25.3 Å². The minimum atomic E-state index is -3.44. The summed E-state index contributed by atoms with van der Waals surface area (Å²) in [4.78, 5) is 2.02. The van der Waals surface area contributed by atoms with Gasteiger partial charge in [-0.1, -0.05) is 29.6 Å². The van der Waals surface area contributed by atoms with Gasteiger partial charge >= 0.3 is 0 Å². The molecular weight excluding hydrogens is 271 g/mol. The number of nitrogens with zero attached hydrogens (tertiary/aromatic N) is 1. The molecule has 0 spiro atoms. The number of nitrogens with two attached hydrogens (primary N) is 1. The number of piperidine rings is 1. The van der Waals surface area contributed by atoms with E-state index >= 15 is 0 Å². The number of rotatable bonds is 4. The highest BCUT2D eigenvalue weighted by Crippen LogP contribution is 2.20. The van der Waals surface area contributed by atoms with Gasteiger partial charge in [0, 0.05) is 23.2 Å². The Morgan fingerprint density at radius 1 is 1.50 bits per heavy atom. The Kier molecular flexibility index (Phi) is 5.53. The van der Waals surface area contributed by atoms with Crippen LogP contribution in [0.4, 0.5) is 0 Å². The molecule has 0 aliphatic carbocycles. The third-order valence-corrected chi connectivity index (χ3v) is 4.10. The largest absolute Gasteiger partial charge is 0.294 e. The Labute approximate surface area is 106 Å². The number of halogens is 2. The fourth-order valence-corrected chi connectivity index (χ4v) is 3.09. The summed E-state index contributed by atoms with van der Waals surface area (Å²) in [7, 11) is -3.44. The molecule has 0 aromatic rings. The first-order valence-corrected chi connectivity index (χ1v) is 7.64. The van der Waals surface area contributed by atoms with E-state index in [9.17, 15) is 8.42 Å². The molecule has 0 amide bonds. The third kappa shape index (κ3) is 5.01. The topological polar surface area (TPSA) is 63.4 Å². The van der Waals surface area contributed by atoms with Crippen LogP contribution in [0.3, 0.4) is 0 Å². The minimum absolute atomic E-state index is 0.0144. The van der Waals surface area contributed by atoms with Gasteiger partial charge in [-0.2, -0.15) is 0 Å². The molecule has 1 saturated heterocycles. The lowest BCUT2D eigenvalue weighted by atomic mass is 10.0. The highest BCUT2D eigenvalue weighted by Gasteiger charge is 2.26. The van der Waals surface area contributed by atoms with Gasteiger partial charge < -0.3 is 0 Å². The van der Waals surface area contributed by atoms with Crippen LogP contribution in [0.15, 0.2) is 10.6 Å². The van der Waals surface area contributed by atoms with E-state index in [0.29, 0.717) is 11.6 Å². The molecule has 4 nitrogen and oxygen atoms in total. The van der Waals surface area contributed by atoms with Crippen molar-refractivity contribution in [1.29, 1.82) is 0 Å². The van der Waals surface area contributed by atoms with Gasteiger partial charge in [-0.25, -0.2) is 13.6 Å². The van der Waals surface area contributed by atoms with Crippen LogP contribution in [0, 0.1) is 0 Å². The molecule has 1 unspecified atom stereocenters. The van der Waals surface area contributed by atoms with Crippen molar-refractivity contribution in [1.82, 2.24) is 4.90 Å². The van der Waals surface area contributed by atoms with Gasteiger partial charge in [0.05, 0.1) is 5.75 Å². The summed E-state index contributed by atoms with van der Waals surface area (Å²) in [6.07, 6.45) is 2.91. The molecule has 2 N–H and O–H groups in total. The van der Waals surface area contributed by atoms with Gasteiger partial charge in [-0.15, -0.1) is 0 Å². The van der Waals surface area contributed by atoms with E-state index in [0.717, 1.165) is 25.8 Å². The van der Waals surface area contributed by atoms with Gasteiger partial charge in [0.1, 0.15) is 0 Å². The van der Waals surface area contributed by atoms with E-state index in [1.165, 1.54) is 5.54 Å². The van der Waals surface area contributed by atoms with Crippen LogP contribution in [0.2, 0.25) is 0 Å². The van der Waals surface area contributed by atoms with E-state index in [2.05, 4.69) is 0 Å². The van der Waals surface area contributed by atoms with Crippen molar-refractivity contribution in [2.24, 2.45) is 5.14 Å².